The van der Waals surface area contributed by atoms with Crippen molar-refractivity contribution in [2.75, 3.05) is 33.4 Å². The van der Waals surface area contributed by atoms with Crippen LogP contribution in [0.3, 0.4) is 0 Å². The van der Waals surface area contributed by atoms with Crippen molar-refractivity contribution in [1.82, 2.24) is 19.9 Å². The fourth-order valence-electron chi connectivity index (χ4n) is 4.87. The van der Waals surface area contributed by atoms with Gasteiger partial charge in [0.15, 0.2) is 0 Å². The molecule has 34 heavy (non-hydrogen) atoms. The number of aromatic nitrogens is 3. The Morgan fingerprint density at radius 1 is 1.21 bits per heavy atom. The van der Waals surface area contributed by atoms with Gasteiger partial charge in [0.2, 0.25) is 0 Å². The van der Waals surface area contributed by atoms with Gasteiger partial charge in [-0.3, -0.25) is 15.0 Å². The van der Waals surface area contributed by atoms with Crippen molar-refractivity contribution in [3.05, 3.63) is 59.3 Å². The predicted octanol–water partition coefficient (Wildman–Crippen LogP) is 5.18. The number of pyridine rings is 1. The Morgan fingerprint density at radius 3 is 2.74 bits per heavy atom. The van der Waals surface area contributed by atoms with Crippen LogP contribution in [0.15, 0.2) is 43.0 Å². The summed E-state index contributed by atoms with van der Waals surface area (Å²) in [5.41, 5.74) is 1.91. The van der Waals surface area contributed by atoms with Crippen molar-refractivity contribution in [3.8, 4) is 5.75 Å². The fraction of sp³-hybridized carbons (Fsp3) is 0.500. The Labute approximate surface area is 205 Å². The number of piperidine rings is 1. The summed E-state index contributed by atoms with van der Waals surface area (Å²) >= 11 is 6.39. The summed E-state index contributed by atoms with van der Waals surface area (Å²) in [4.78, 5) is 15.2. The fourth-order valence-corrected chi connectivity index (χ4v) is 5.14. The second kappa shape index (κ2) is 11.4. The molecule has 0 amide bonds. The Kier molecular flexibility index (Phi) is 8.29. The third-order valence-electron chi connectivity index (χ3n) is 7.09. The molecule has 0 spiro atoms. The lowest BCUT2D eigenvalue weighted by molar-refractivity contribution is 0.0300. The highest BCUT2D eigenvalue weighted by Gasteiger charge is 2.35. The molecular weight excluding hydrogens is 455 g/mol. The second-order valence-electron chi connectivity index (χ2n) is 9.21. The first-order valence-electron chi connectivity index (χ1n) is 11.9. The quantitative estimate of drug-likeness (QED) is 0.425. The zero-order chi connectivity index (χ0) is 24.0. The lowest BCUT2D eigenvalue weighted by atomic mass is 9.74. The van der Waals surface area contributed by atoms with Gasteiger partial charge in [-0.1, -0.05) is 11.6 Å². The third kappa shape index (κ3) is 5.82. The number of ether oxygens (including phenoxy) is 1. The standard InChI is InChI=1S/C26H32ClFN4O2/c1-34-20-4-5-24-21(15-20)25(22(27)17-31-24)23(28)6-7-26(18-33)8-13-32(14-9-26)12-2-3-19-16-29-10-11-30-19/h4-5,10-11,15-17,23,33H,2-3,6-9,12-14,18H2,1H3. The van der Waals surface area contributed by atoms with Crippen LogP contribution >= 0.6 is 11.6 Å². The maximum Gasteiger partial charge on any atom is 0.127 e. The summed E-state index contributed by atoms with van der Waals surface area (Å²) in [5.74, 6) is 0.642. The Morgan fingerprint density at radius 2 is 2.03 bits per heavy atom. The molecule has 1 fully saturated rings. The molecule has 3 heterocycles. The molecule has 4 rings (SSSR count). The summed E-state index contributed by atoms with van der Waals surface area (Å²) in [6.07, 6.45) is 10.1. The average Bonchev–Trinajstić information content (AvgIpc) is 2.88. The molecule has 182 valence electrons. The van der Waals surface area contributed by atoms with Gasteiger partial charge >= 0.3 is 0 Å². The molecule has 0 saturated carbocycles. The summed E-state index contributed by atoms with van der Waals surface area (Å²) in [7, 11) is 1.58. The highest BCUT2D eigenvalue weighted by atomic mass is 35.5. The van der Waals surface area contributed by atoms with Gasteiger partial charge in [0.1, 0.15) is 11.9 Å². The predicted molar refractivity (Wildman–Crippen MR) is 132 cm³/mol. The van der Waals surface area contributed by atoms with Gasteiger partial charge in [-0.25, -0.2) is 4.39 Å². The largest absolute Gasteiger partial charge is 0.497 e. The van der Waals surface area contributed by atoms with E-state index >= 15 is 4.39 Å². The number of fused-ring (bicyclic) bond motifs is 1. The molecule has 0 radical (unpaired) electrons. The number of likely N-dealkylation sites (tertiary alicyclic amines) is 1. The van der Waals surface area contributed by atoms with Gasteiger partial charge in [0, 0.05) is 42.3 Å². The first kappa shape index (κ1) is 24.8. The first-order valence-corrected chi connectivity index (χ1v) is 12.3. The van der Waals surface area contributed by atoms with Gasteiger partial charge in [0.05, 0.1) is 23.3 Å². The minimum absolute atomic E-state index is 0.0752. The number of alkyl halides is 1. The lowest BCUT2D eigenvalue weighted by Gasteiger charge is -2.41. The highest BCUT2D eigenvalue weighted by molar-refractivity contribution is 6.32. The van der Waals surface area contributed by atoms with E-state index in [1.165, 1.54) is 6.20 Å². The van der Waals surface area contributed by atoms with Crippen molar-refractivity contribution in [3.63, 3.8) is 0 Å². The molecule has 1 aliphatic heterocycles. The molecule has 0 bridgehead atoms. The monoisotopic (exact) mass is 486 g/mol. The molecule has 1 N–H and O–H groups in total. The summed E-state index contributed by atoms with van der Waals surface area (Å²) < 4.78 is 20.9. The van der Waals surface area contributed by atoms with Crippen LogP contribution in [0.5, 0.6) is 5.75 Å². The number of nitrogens with zero attached hydrogens (tertiary/aromatic N) is 4. The van der Waals surface area contributed by atoms with Gasteiger partial charge in [-0.05, 0) is 81.8 Å². The number of benzene rings is 1. The molecule has 1 aromatic carbocycles. The Hall–Kier alpha value is -2.35. The van der Waals surface area contributed by atoms with Gasteiger partial charge in [-0.15, -0.1) is 0 Å². The van der Waals surface area contributed by atoms with Crippen LogP contribution in [0, 0.1) is 5.41 Å². The van der Waals surface area contributed by atoms with E-state index in [4.69, 9.17) is 16.3 Å². The number of aryl methyl sites for hydroxylation is 1. The molecule has 6 nitrogen and oxygen atoms in total. The summed E-state index contributed by atoms with van der Waals surface area (Å²) in [6, 6.07) is 5.41. The van der Waals surface area contributed by atoms with Crippen LogP contribution < -0.4 is 4.74 Å². The number of aliphatic hydroxyl groups is 1. The van der Waals surface area contributed by atoms with Crippen LogP contribution in [0.4, 0.5) is 4.39 Å². The smallest absolute Gasteiger partial charge is 0.127 e. The van der Waals surface area contributed by atoms with E-state index in [0.29, 0.717) is 40.1 Å². The van der Waals surface area contributed by atoms with Crippen LogP contribution in [-0.2, 0) is 6.42 Å². The number of hydrogen-bond donors (Lipinski definition) is 1. The summed E-state index contributed by atoms with van der Waals surface area (Å²) in [5, 5.41) is 11.2. The normalized spacial score (nSPS) is 17.1. The lowest BCUT2D eigenvalue weighted by Crippen LogP contribution is -2.42. The minimum atomic E-state index is -1.24. The number of hydrogen-bond acceptors (Lipinski definition) is 6. The molecule has 1 saturated heterocycles. The zero-order valence-electron chi connectivity index (χ0n) is 19.6. The van der Waals surface area contributed by atoms with E-state index in [1.807, 2.05) is 18.3 Å². The van der Waals surface area contributed by atoms with E-state index in [0.717, 1.165) is 51.0 Å². The van der Waals surface area contributed by atoms with E-state index in [-0.39, 0.29) is 12.0 Å². The van der Waals surface area contributed by atoms with E-state index < -0.39 is 6.17 Å². The van der Waals surface area contributed by atoms with Crippen LogP contribution in [0.25, 0.3) is 10.9 Å². The van der Waals surface area contributed by atoms with Gasteiger partial charge in [-0.2, -0.15) is 0 Å². The number of halogens is 2. The molecular formula is C26H32ClFN4O2. The Bertz CT molecular complexity index is 1080. The molecule has 8 heteroatoms. The van der Waals surface area contributed by atoms with E-state index in [9.17, 15) is 5.11 Å². The average molecular weight is 487 g/mol. The maximum absolute atomic E-state index is 15.6. The number of methoxy groups -OCH3 is 1. The SMILES string of the molecule is COc1ccc2ncc(Cl)c(C(F)CCC3(CO)CCN(CCCc4cnccn4)CC3)c2c1. The van der Waals surface area contributed by atoms with Crippen molar-refractivity contribution in [2.24, 2.45) is 5.41 Å². The molecule has 1 unspecified atom stereocenters. The minimum Gasteiger partial charge on any atom is -0.497 e. The molecule has 1 aliphatic rings. The molecule has 1 atom stereocenters. The number of rotatable bonds is 10. The van der Waals surface area contributed by atoms with Crippen molar-refractivity contribution in [1.29, 1.82) is 0 Å². The molecule has 0 aliphatic carbocycles. The first-order chi connectivity index (χ1) is 16.5. The second-order valence-corrected chi connectivity index (χ2v) is 9.62. The van der Waals surface area contributed by atoms with Crippen LogP contribution in [0.1, 0.15) is 49.5 Å². The Balaban J connectivity index is 1.34. The van der Waals surface area contributed by atoms with E-state index in [2.05, 4.69) is 19.9 Å². The van der Waals surface area contributed by atoms with Crippen molar-refractivity contribution >= 4 is 22.5 Å². The van der Waals surface area contributed by atoms with Crippen molar-refractivity contribution in [2.45, 2.75) is 44.7 Å². The van der Waals surface area contributed by atoms with Crippen LogP contribution in [-0.4, -0.2) is 58.3 Å². The zero-order valence-corrected chi connectivity index (χ0v) is 20.3. The number of aliphatic hydroxyl groups excluding tert-OH is 1. The van der Waals surface area contributed by atoms with Gasteiger partial charge < -0.3 is 14.7 Å². The molecule has 3 aromatic rings. The van der Waals surface area contributed by atoms with Crippen LogP contribution in [0.2, 0.25) is 5.02 Å². The third-order valence-corrected chi connectivity index (χ3v) is 7.39. The van der Waals surface area contributed by atoms with Crippen molar-refractivity contribution < 1.29 is 14.2 Å². The molecule has 2 aromatic heterocycles. The van der Waals surface area contributed by atoms with Gasteiger partial charge in [0.25, 0.3) is 0 Å². The van der Waals surface area contributed by atoms with E-state index in [1.54, 1.807) is 25.6 Å². The topological polar surface area (TPSA) is 71.4 Å². The maximum atomic E-state index is 15.6. The summed E-state index contributed by atoms with van der Waals surface area (Å²) in [6.45, 7) is 2.89. The highest BCUT2D eigenvalue weighted by Crippen LogP contribution is 2.41.